The molecule has 20 heavy (non-hydrogen) atoms. The number of hydrogen-bond acceptors (Lipinski definition) is 3. The van der Waals surface area contributed by atoms with Gasteiger partial charge in [0.15, 0.2) is 5.82 Å². The molecule has 0 unspecified atom stereocenters. The van der Waals surface area contributed by atoms with Crippen molar-refractivity contribution in [2.24, 2.45) is 0 Å². The van der Waals surface area contributed by atoms with Crippen LogP contribution in [0.4, 0.5) is 11.5 Å². The second-order valence-corrected chi connectivity index (χ2v) is 5.13. The Morgan fingerprint density at radius 1 is 1.25 bits per heavy atom. The monoisotopic (exact) mass is 289 g/mol. The van der Waals surface area contributed by atoms with Gasteiger partial charge in [0, 0.05) is 25.5 Å². The van der Waals surface area contributed by atoms with Crippen LogP contribution in [0.25, 0.3) is 0 Å². The van der Waals surface area contributed by atoms with E-state index in [-0.39, 0.29) is 0 Å². The highest BCUT2D eigenvalue weighted by molar-refractivity contribution is 6.33. The van der Waals surface area contributed by atoms with Gasteiger partial charge in [-0.25, -0.2) is 4.98 Å². The van der Waals surface area contributed by atoms with Crippen molar-refractivity contribution in [3.8, 4) is 0 Å². The van der Waals surface area contributed by atoms with E-state index in [1.165, 1.54) is 0 Å². The summed E-state index contributed by atoms with van der Waals surface area (Å²) < 4.78 is 0. The van der Waals surface area contributed by atoms with Crippen LogP contribution in [-0.2, 0) is 6.54 Å². The van der Waals surface area contributed by atoms with E-state index in [9.17, 15) is 0 Å². The van der Waals surface area contributed by atoms with Crippen LogP contribution in [0, 0.1) is 0 Å². The highest BCUT2D eigenvalue weighted by Gasteiger charge is 2.10. The van der Waals surface area contributed by atoms with Crippen LogP contribution in [0.15, 0.2) is 42.6 Å². The fourth-order valence-electron chi connectivity index (χ4n) is 2.00. The SMILES string of the molecule is CCCNCc1cnc(N(C)c2ccccc2)c(Cl)c1. The average molecular weight is 290 g/mol. The molecule has 0 atom stereocenters. The third kappa shape index (κ3) is 3.71. The van der Waals surface area contributed by atoms with Gasteiger partial charge in [0.05, 0.1) is 5.02 Å². The molecule has 0 fully saturated rings. The molecule has 0 radical (unpaired) electrons. The molecule has 1 aromatic carbocycles. The first kappa shape index (κ1) is 14.8. The van der Waals surface area contributed by atoms with Gasteiger partial charge in [0.2, 0.25) is 0 Å². The lowest BCUT2D eigenvalue weighted by molar-refractivity contribution is 0.674. The zero-order chi connectivity index (χ0) is 14.4. The van der Waals surface area contributed by atoms with E-state index in [1.54, 1.807) is 0 Å². The van der Waals surface area contributed by atoms with Crippen LogP contribution in [0.2, 0.25) is 5.02 Å². The molecule has 2 aromatic rings. The van der Waals surface area contributed by atoms with Gasteiger partial charge in [-0.3, -0.25) is 0 Å². The highest BCUT2D eigenvalue weighted by atomic mass is 35.5. The maximum absolute atomic E-state index is 6.36. The fourth-order valence-corrected chi connectivity index (χ4v) is 2.31. The molecule has 0 aliphatic carbocycles. The smallest absolute Gasteiger partial charge is 0.151 e. The van der Waals surface area contributed by atoms with E-state index in [0.29, 0.717) is 5.02 Å². The van der Waals surface area contributed by atoms with E-state index >= 15 is 0 Å². The number of para-hydroxylation sites is 1. The Kier molecular flexibility index (Phi) is 5.39. The molecule has 1 aromatic heterocycles. The molecule has 1 N–H and O–H groups in total. The predicted molar refractivity (Wildman–Crippen MR) is 85.7 cm³/mol. The summed E-state index contributed by atoms with van der Waals surface area (Å²) in [6, 6.07) is 12.1. The third-order valence-corrected chi connectivity index (χ3v) is 3.37. The van der Waals surface area contributed by atoms with E-state index < -0.39 is 0 Å². The molecular weight excluding hydrogens is 270 g/mol. The second-order valence-electron chi connectivity index (χ2n) is 4.72. The van der Waals surface area contributed by atoms with Gasteiger partial charge in [0.25, 0.3) is 0 Å². The predicted octanol–water partition coefficient (Wildman–Crippen LogP) is 4.00. The summed E-state index contributed by atoms with van der Waals surface area (Å²) in [6.45, 7) is 3.95. The summed E-state index contributed by atoms with van der Waals surface area (Å²) >= 11 is 6.36. The number of anilines is 2. The molecule has 0 saturated heterocycles. The van der Waals surface area contributed by atoms with Crippen molar-refractivity contribution in [2.45, 2.75) is 19.9 Å². The minimum Gasteiger partial charge on any atom is -0.328 e. The van der Waals surface area contributed by atoms with Crippen molar-refractivity contribution >= 4 is 23.1 Å². The van der Waals surface area contributed by atoms with Crippen LogP contribution >= 0.6 is 11.6 Å². The van der Waals surface area contributed by atoms with Gasteiger partial charge in [-0.2, -0.15) is 0 Å². The lowest BCUT2D eigenvalue weighted by Crippen LogP contribution is -2.15. The molecule has 0 aliphatic rings. The van der Waals surface area contributed by atoms with E-state index in [1.807, 2.05) is 54.5 Å². The Balaban J connectivity index is 2.13. The van der Waals surface area contributed by atoms with Crippen LogP contribution in [0.5, 0.6) is 0 Å². The molecule has 4 heteroatoms. The van der Waals surface area contributed by atoms with E-state index in [2.05, 4.69) is 17.2 Å². The first-order chi connectivity index (χ1) is 9.72. The van der Waals surface area contributed by atoms with Crippen molar-refractivity contribution in [1.82, 2.24) is 10.3 Å². The number of hydrogen-bond donors (Lipinski definition) is 1. The minimum atomic E-state index is 0.673. The Hall–Kier alpha value is -1.58. The number of pyridine rings is 1. The molecule has 106 valence electrons. The Labute approximate surface area is 125 Å². The van der Waals surface area contributed by atoms with E-state index in [4.69, 9.17) is 11.6 Å². The maximum Gasteiger partial charge on any atom is 0.151 e. The van der Waals surface area contributed by atoms with Crippen molar-refractivity contribution in [3.63, 3.8) is 0 Å². The first-order valence-corrected chi connectivity index (χ1v) is 7.24. The third-order valence-electron chi connectivity index (χ3n) is 3.10. The number of nitrogens with one attached hydrogen (secondary N) is 1. The van der Waals surface area contributed by atoms with Crippen molar-refractivity contribution < 1.29 is 0 Å². The van der Waals surface area contributed by atoms with E-state index in [0.717, 1.165) is 36.6 Å². The Morgan fingerprint density at radius 2 is 2.00 bits per heavy atom. The van der Waals surface area contributed by atoms with Crippen LogP contribution in [0.3, 0.4) is 0 Å². The Morgan fingerprint density at radius 3 is 2.65 bits per heavy atom. The molecule has 2 rings (SSSR count). The summed E-state index contributed by atoms with van der Waals surface area (Å²) in [5, 5.41) is 4.02. The summed E-state index contributed by atoms with van der Waals surface area (Å²) in [4.78, 5) is 6.48. The summed E-state index contributed by atoms with van der Waals surface area (Å²) in [6.07, 6.45) is 3.00. The van der Waals surface area contributed by atoms with Crippen LogP contribution < -0.4 is 10.2 Å². The molecule has 1 heterocycles. The van der Waals surface area contributed by atoms with Crippen molar-refractivity contribution in [3.05, 3.63) is 53.2 Å². The maximum atomic E-state index is 6.36. The van der Waals surface area contributed by atoms with Crippen LogP contribution in [0.1, 0.15) is 18.9 Å². The number of rotatable bonds is 6. The summed E-state index contributed by atoms with van der Waals surface area (Å²) in [5.41, 5.74) is 2.17. The second kappa shape index (κ2) is 7.27. The van der Waals surface area contributed by atoms with Gasteiger partial charge in [-0.15, -0.1) is 0 Å². The summed E-state index contributed by atoms with van der Waals surface area (Å²) in [5.74, 6) is 0.775. The number of halogens is 1. The standard InChI is InChI=1S/C16H20ClN3/c1-3-9-18-11-13-10-15(17)16(19-12-13)20(2)14-7-5-4-6-8-14/h4-8,10,12,18H,3,9,11H2,1-2H3. The van der Waals surface area contributed by atoms with Crippen molar-refractivity contribution in [1.29, 1.82) is 0 Å². The zero-order valence-electron chi connectivity index (χ0n) is 11.9. The van der Waals surface area contributed by atoms with Gasteiger partial charge in [0.1, 0.15) is 0 Å². The average Bonchev–Trinajstić information content (AvgIpc) is 2.48. The number of aromatic nitrogens is 1. The lowest BCUT2D eigenvalue weighted by atomic mass is 10.2. The number of nitrogens with zero attached hydrogens (tertiary/aromatic N) is 2. The van der Waals surface area contributed by atoms with Gasteiger partial charge >= 0.3 is 0 Å². The molecular formula is C16H20ClN3. The van der Waals surface area contributed by atoms with Crippen LogP contribution in [-0.4, -0.2) is 18.6 Å². The van der Waals surface area contributed by atoms with Gasteiger partial charge in [-0.1, -0.05) is 36.7 Å². The molecule has 0 amide bonds. The van der Waals surface area contributed by atoms with Gasteiger partial charge in [-0.05, 0) is 36.7 Å². The molecule has 0 spiro atoms. The van der Waals surface area contributed by atoms with Gasteiger partial charge < -0.3 is 10.2 Å². The zero-order valence-corrected chi connectivity index (χ0v) is 12.7. The lowest BCUT2D eigenvalue weighted by Gasteiger charge is -2.19. The summed E-state index contributed by atoms with van der Waals surface area (Å²) in [7, 11) is 1.97. The Bertz CT molecular complexity index is 543. The molecule has 0 bridgehead atoms. The normalized spacial score (nSPS) is 10.6. The largest absolute Gasteiger partial charge is 0.328 e. The fraction of sp³-hybridized carbons (Fsp3) is 0.312. The first-order valence-electron chi connectivity index (χ1n) is 6.86. The highest BCUT2D eigenvalue weighted by Crippen LogP contribution is 2.28. The van der Waals surface area contributed by atoms with Crippen molar-refractivity contribution in [2.75, 3.05) is 18.5 Å². The molecule has 0 saturated carbocycles. The quantitative estimate of drug-likeness (QED) is 0.815. The molecule has 3 nitrogen and oxygen atoms in total. The number of benzene rings is 1. The minimum absolute atomic E-state index is 0.673. The topological polar surface area (TPSA) is 28.2 Å². The molecule has 0 aliphatic heterocycles.